The average Bonchev–Trinajstić information content (AvgIpc) is 2.32. The molecule has 1 aromatic heterocycles. The van der Waals surface area contributed by atoms with Crippen LogP contribution in [-0.2, 0) is 6.54 Å². The van der Waals surface area contributed by atoms with Crippen LogP contribution in [-0.4, -0.2) is 4.98 Å². The van der Waals surface area contributed by atoms with Crippen LogP contribution in [0.3, 0.4) is 0 Å². The maximum absolute atomic E-state index is 13.4. The highest BCUT2D eigenvalue weighted by Gasteiger charge is 2.04. The highest BCUT2D eigenvalue weighted by atomic mass is 19.1. The molecular formula is C12H12F2N4. The van der Waals surface area contributed by atoms with Crippen LogP contribution in [0.4, 0.5) is 26.1 Å². The van der Waals surface area contributed by atoms with Gasteiger partial charge in [0.25, 0.3) is 0 Å². The summed E-state index contributed by atoms with van der Waals surface area (Å²) in [7, 11) is 0. The van der Waals surface area contributed by atoms with Gasteiger partial charge in [0.1, 0.15) is 23.3 Å². The zero-order chi connectivity index (χ0) is 13.1. The van der Waals surface area contributed by atoms with E-state index >= 15 is 0 Å². The maximum atomic E-state index is 13.4. The van der Waals surface area contributed by atoms with Crippen LogP contribution in [0.15, 0.2) is 30.3 Å². The van der Waals surface area contributed by atoms with Crippen molar-refractivity contribution in [1.29, 1.82) is 0 Å². The van der Waals surface area contributed by atoms with Gasteiger partial charge in [-0.05, 0) is 18.2 Å². The summed E-state index contributed by atoms with van der Waals surface area (Å²) in [5.41, 5.74) is 11.8. The van der Waals surface area contributed by atoms with Gasteiger partial charge in [-0.3, -0.25) is 0 Å². The van der Waals surface area contributed by atoms with Crippen molar-refractivity contribution in [3.8, 4) is 0 Å². The van der Waals surface area contributed by atoms with Gasteiger partial charge in [-0.2, -0.15) is 0 Å². The van der Waals surface area contributed by atoms with E-state index in [9.17, 15) is 8.78 Å². The number of nitrogens with zero attached hydrogens (tertiary/aromatic N) is 1. The molecule has 6 heteroatoms. The number of aromatic nitrogens is 1. The second-order valence-corrected chi connectivity index (χ2v) is 3.76. The Labute approximate surface area is 103 Å². The maximum Gasteiger partial charge on any atom is 0.149 e. The molecule has 0 bridgehead atoms. The Bertz CT molecular complexity index is 572. The lowest BCUT2D eigenvalue weighted by atomic mass is 10.2. The Kier molecular flexibility index (Phi) is 3.27. The molecule has 0 atom stereocenters. The number of halogens is 2. The monoisotopic (exact) mass is 250 g/mol. The van der Waals surface area contributed by atoms with Crippen molar-refractivity contribution in [2.24, 2.45) is 0 Å². The predicted molar refractivity (Wildman–Crippen MR) is 66.7 cm³/mol. The molecule has 0 aliphatic rings. The highest BCUT2D eigenvalue weighted by molar-refractivity contribution is 5.61. The lowest BCUT2D eigenvalue weighted by molar-refractivity contribution is 0.574. The van der Waals surface area contributed by atoms with E-state index in [1.807, 2.05) is 0 Å². The number of benzene rings is 1. The summed E-state index contributed by atoms with van der Waals surface area (Å²) in [6.45, 7) is 0.183. The Hall–Kier alpha value is -2.37. The van der Waals surface area contributed by atoms with Crippen molar-refractivity contribution in [2.45, 2.75) is 6.54 Å². The minimum Gasteiger partial charge on any atom is -0.396 e. The van der Waals surface area contributed by atoms with Crippen LogP contribution in [0.2, 0.25) is 0 Å². The molecule has 94 valence electrons. The van der Waals surface area contributed by atoms with E-state index in [0.29, 0.717) is 17.1 Å². The molecule has 0 spiro atoms. The molecule has 0 amide bonds. The first kappa shape index (κ1) is 12.1. The zero-order valence-corrected chi connectivity index (χ0v) is 9.45. The van der Waals surface area contributed by atoms with Crippen LogP contribution < -0.4 is 16.8 Å². The average molecular weight is 250 g/mol. The molecule has 0 fully saturated rings. The number of pyridine rings is 1. The quantitative estimate of drug-likeness (QED) is 0.780. The largest absolute Gasteiger partial charge is 0.396 e. The normalized spacial score (nSPS) is 10.3. The van der Waals surface area contributed by atoms with Gasteiger partial charge in [0, 0.05) is 18.2 Å². The molecule has 18 heavy (non-hydrogen) atoms. The molecule has 0 saturated heterocycles. The summed E-state index contributed by atoms with van der Waals surface area (Å²) in [5, 5.41) is 2.88. The number of nitrogens with one attached hydrogen (secondary N) is 1. The van der Waals surface area contributed by atoms with Crippen molar-refractivity contribution in [3.05, 3.63) is 47.5 Å². The van der Waals surface area contributed by atoms with Gasteiger partial charge in [-0.1, -0.05) is 6.07 Å². The van der Waals surface area contributed by atoms with Gasteiger partial charge in [0.15, 0.2) is 0 Å². The molecule has 0 unspecified atom stereocenters. The molecule has 2 aromatic rings. The first-order chi connectivity index (χ1) is 8.56. The molecular weight excluding hydrogens is 238 g/mol. The fourth-order valence-electron chi connectivity index (χ4n) is 1.43. The molecule has 0 aliphatic carbocycles. The third-order valence-electron chi connectivity index (χ3n) is 2.43. The molecule has 0 radical (unpaired) electrons. The van der Waals surface area contributed by atoms with Gasteiger partial charge >= 0.3 is 0 Å². The SMILES string of the molecule is Nc1ccc(NCc2ccc(F)cc2F)nc1N. The third kappa shape index (κ3) is 2.65. The fraction of sp³-hybridized carbons (Fsp3) is 0.0833. The Morgan fingerprint density at radius 2 is 1.89 bits per heavy atom. The van der Waals surface area contributed by atoms with Crippen LogP contribution in [0.25, 0.3) is 0 Å². The zero-order valence-electron chi connectivity index (χ0n) is 9.45. The van der Waals surface area contributed by atoms with E-state index in [2.05, 4.69) is 10.3 Å². The minimum atomic E-state index is -0.606. The van der Waals surface area contributed by atoms with Crippen molar-refractivity contribution >= 4 is 17.3 Å². The number of rotatable bonds is 3. The first-order valence-corrected chi connectivity index (χ1v) is 5.26. The summed E-state index contributed by atoms with van der Waals surface area (Å²) in [6.07, 6.45) is 0. The van der Waals surface area contributed by atoms with E-state index in [1.165, 1.54) is 12.1 Å². The van der Waals surface area contributed by atoms with Gasteiger partial charge in [0.05, 0.1) is 5.69 Å². The second kappa shape index (κ2) is 4.87. The van der Waals surface area contributed by atoms with Crippen LogP contribution in [0, 0.1) is 11.6 Å². The molecule has 5 N–H and O–H groups in total. The van der Waals surface area contributed by atoms with Gasteiger partial charge in [-0.15, -0.1) is 0 Å². The molecule has 0 aliphatic heterocycles. The molecule has 0 saturated carbocycles. The standard InChI is InChI=1S/C12H12F2N4/c13-8-2-1-7(9(14)5-8)6-17-11-4-3-10(15)12(16)18-11/h1-5H,6,15H2,(H3,16,17,18). The van der Waals surface area contributed by atoms with E-state index in [4.69, 9.17) is 11.5 Å². The van der Waals surface area contributed by atoms with Gasteiger partial charge < -0.3 is 16.8 Å². The topological polar surface area (TPSA) is 77.0 Å². The van der Waals surface area contributed by atoms with E-state index in [-0.39, 0.29) is 12.4 Å². The first-order valence-electron chi connectivity index (χ1n) is 5.26. The fourth-order valence-corrected chi connectivity index (χ4v) is 1.43. The van der Waals surface area contributed by atoms with Crippen molar-refractivity contribution in [2.75, 3.05) is 16.8 Å². The molecule has 1 aromatic carbocycles. The second-order valence-electron chi connectivity index (χ2n) is 3.76. The van der Waals surface area contributed by atoms with E-state index in [1.54, 1.807) is 12.1 Å². The summed E-state index contributed by atoms with van der Waals surface area (Å²) in [5.74, 6) is -0.526. The number of nitrogens with two attached hydrogens (primary N) is 2. The lowest BCUT2D eigenvalue weighted by Crippen LogP contribution is -2.06. The predicted octanol–water partition coefficient (Wildman–Crippen LogP) is 2.14. The third-order valence-corrected chi connectivity index (χ3v) is 2.43. The van der Waals surface area contributed by atoms with Crippen molar-refractivity contribution in [3.63, 3.8) is 0 Å². The highest BCUT2D eigenvalue weighted by Crippen LogP contribution is 2.16. The molecule has 2 rings (SSSR count). The van der Waals surface area contributed by atoms with E-state index in [0.717, 1.165) is 6.07 Å². The summed E-state index contributed by atoms with van der Waals surface area (Å²) in [4.78, 5) is 3.98. The summed E-state index contributed by atoms with van der Waals surface area (Å²) in [6, 6.07) is 6.64. The summed E-state index contributed by atoms with van der Waals surface area (Å²) >= 11 is 0. The Morgan fingerprint density at radius 1 is 1.11 bits per heavy atom. The Morgan fingerprint density at radius 3 is 2.56 bits per heavy atom. The smallest absolute Gasteiger partial charge is 0.149 e. The van der Waals surface area contributed by atoms with Gasteiger partial charge in [0.2, 0.25) is 0 Å². The van der Waals surface area contributed by atoms with E-state index < -0.39 is 11.6 Å². The van der Waals surface area contributed by atoms with Crippen molar-refractivity contribution < 1.29 is 8.78 Å². The van der Waals surface area contributed by atoms with Crippen LogP contribution in [0.5, 0.6) is 0 Å². The molecule has 4 nitrogen and oxygen atoms in total. The Balaban J connectivity index is 2.09. The van der Waals surface area contributed by atoms with Crippen LogP contribution >= 0.6 is 0 Å². The number of nitrogen functional groups attached to an aromatic ring is 2. The molecule has 1 heterocycles. The number of hydrogen-bond acceptors (Lipinski definition) is 4. The van der Waals surface area contributed by atoms with Gasteiger partial charge in [-0.25, -0.2) is 13.8 Å². The lowest BCUT2D eigenvalue weighted by Gasteiger charge is -2.08. The summed E-state index contributed by atoms with van der Waals surface area (Å²) < 4.78 is 26.1. The van der Waals surface area contributed by atoms with Crippen molar-refractivity contribution in [1.82, 2.24) is 4.98 Å². The number of hydrogen-bond donors (Lipinski definition) is 3. The van der Waals surface area contributed by atoms with Crippen LogP contribution in [0.1, 0.15) is 5.56 Å². The minimum absolute atomic E-state index is 0.183. The number of anilines is 3.